The van der Waals surface area contributed by atoms with E-state index >= 15 is 0 Å². The van der Waals surface area contributed by atoms with Crippen molar-refractivity contribution in [1.82, 2.24) is 15.5 Å². The number of aliphatic carboxylic acids is 1. The van der Waals surface area contributed by atoms with Crippen molar-refractivity contribution in [3.63, 3.8) is 0 Å². The molecule has 3 atom stereocenters. The Kier molecular flexibility index (Phi) is 10.7. The molecule has 1 heterocycles. The van der Waals surface area contributed by atoms with E-state index in [1.165, 1.54) is 0 Å². The maximum atomic E-state index is 14.0. The largest absolute Gasteiger partial charge is 0.480 e. The lowest BCUT2D eigenvalue weighted by Gasteiger charge is -2.42. The fraction of sp³-hybridized carbons (Fsp3) is 0.655. The number of piperidine rings is 1. The number of hydrogen-bond donors (Lipinski definition) is 3. The summed E-state index contributed by atoms with van der Waals surface area (Å²) in [6.07, 6.45) is 1.26. The van der Waals surface area contributed by atoms with Crippen molar-refractivity contribution in [3.05, 3.63) is 35.9 Å². The van der Waals surface area contributed by atoms with E-state index in [1.807, 2.05) is 71.9 Å². The Bertz CT molecular complexity index is 964. The molecule has 0 aliphatic carbocycles. The molecule has 0 bridgehead atoms. The van der Waals surface area contributed by atoms with Gasteiger partial charge in [-0.25, -0.2) is 9.59 Å². The molecule has 1 aliphatic rings. The SMILES string of the molecule is CC[C@H](C)[C@H](NC(=O)[C@H](CC(C)C)NC(=O)C1(c2ccccc2)CCN(C(=O)OC(C)(C)C)CC1)C(=O)O. The summed E-state index contributed by atoms with van der Waals surface area (Å²) in [6, 6.07) is 7.46. The number of rotatable bonds is 10. The van der Waals surface area contributed by atoms with Crippen molar-refractivity contribution in [2.24, 2.45) is 11.8 Å². The van der Waals surface area contributed by atoms with E-state index in [0.717, 1.165) is 5.56 Å². The number of carboxylic acids is 1. The Hall–Kier alpha value is -3.10. The van der Waals surface area contributed by atoms with Crippen LogP contribution >= 0.6 is 0 Å². The van der Waals surface area contributed by atoms with Crippen LogP contribution in [0.25, 0.3) is 0 Å². The van der Waals surface area contributed by atoms with Gasteiger partial charge in [0.15, 0.2) is 0 Å². The van der Waals surface area contributed by atoms with Gasteiger partial charge in [0.05, 0.1) is 5.41 Å². The molecule has 2 rings (SSSR count). The highest BCUT2D eigenvalue weighted by Crippen LogP contribution is 2.36. The first-order valence-corrected chi connectivity index (χ1v) is 13.6. The predicted octanol–water partition coefficient (Wildman–Crippen LogP) is 4.10. The molecule has 1 fully saturated rings. The standard InChI is InChI=1S/C29H45N3O6/c1-8-20(4)23(25(34)35)31-24(33)22(18-19(2)3)30-26(36)29(21-12-10-9-11-13-21)14-16-32(17-15-29)27(37)38-28(5,6)7/h9-13,19-20,22-23H,8,14-18H2,1-7H3,(H,30,36)(H,31,33)(H,34,35)/t20-,22-,23-/m0/s1. The number of likely N-dealkylation sites (tertiary alicyclic amines) is 1. The van der Waals surface area contributed by atoms with E-state index < -0.39 is 41.1 Å². The lowest BCUT2D eigenvalue weighted by atomic mass is 9.71. The van der Waals surface area contributed by atoms with Crippen LogP contribution in [0.15, 0.2) is 30.3 Å². The summed E-state index contributed by atoms with van der Waals surface area (Å²) >= 11 is 0. The van der Waals surface area contributed by atoms with Gasteiger partial charge >= 0.3 is 12.1 Å². The van der Waals surface area contributed by atoms with Crippen LogP contribution in [0.2, 0.25) is 0 Å². The van der Waals surface area contributed by atoms with E-state index in [4.69, 9.17) is 4.74 Å². The maximum Gasteiger partial charge on any atom is 0.410 e. The minimum Gasteiger partial charge on any atom is -0.480 e. The van der Waals surface area contributed by atoms with Gasteiger partial charge in [0, 0.05) is 13.1 Å². The summed E-state index contributed by atoms with van der Waals surface area (Å²) in [5.41, 5.74) is -0.755. The molecule has 1 aliphatic heterocycles. The van der Waals surface area contributed by atoms with Crippen LogP contribution in [0.3, 0.4) is 0 Å². The normalized spacial score (nSPS) is 17.7. The Balaban J connectivity index is 2.30. The van der Waals surface area contributed by atoms with Gasteiger partial charge in [-0.1, -0.05) is 64.4 Å². The van der Waals surface area contributed by atoms with Crippen LogP contribution in [0.1, 0.15) is 79.7 Å². The van der Waals surface area contributed by atoms with Gasteiger partial charge in [0.25, 0.3) is 0 Å². The Morgan fingerprint density at radius 1 is 1.03 bits per heavy atom. The summed E-state index contributed by atoms with van der Waals surface area (Å²) < 4.78 is 5.52. The van der Waals surface area contributed by atoms with E-state index in [9.17, 15) is 24.3 Å². The molecule has 0 spiro atoms. The highest BCUT2D eigenvalue weighted by Gasteiger charge is 2.45. The quantitative estimate of drug-likeness (QED) is 0.417. The van der Waals surface area contributed by atoms with Crippen LogP contribution in [-0.4, -0.2) is 64.7 Å². The first kappa shape index (κ1) is 31.1. The number of benzene rings is 1. The summed E-state index contributed by atoms with van der Waals surface area (Å²) in [6.45, 7) is 13.6. The average Bonchev–Trinajstić information content (AvgIpc) is 2.85. The minimum atomic E-state index is -1.10. The molecule has 0 unspecified atom stereocenters. The lowest BCUT2D eigenvalue weighted by Crippen LogP contribution is -2.59. The van der Waals surface area contributed by atoms with Crippen LogP contribution in [0.4, 0.5) is 4.79 Å². The zero-order valence-electron chi connectivity index (χ0n) is 23.9. The van der Waals surface area contributed by atoms with Crippen LogP contribution in [0, 0.1) is 11.8 Å². The number of hydrogen-bond acceptors (Lipinski definition) is 5. The Labute approximate surface area is 226 Å². The van der Waals surface area contributed by atoms with Gasteiger partial charge < -0.3 is 25.4 Å². The number of nitrogens with zero attached hydrogens (tertiary/aromatic N) is 1. The number of carbonyl (C=O) groups is 4. The predicted molar refractivity (Wildman–Crippen MR) is 146 cm³/mol. The molecule has 38 heavy (non-hydrogen) atoms. The second-order valence-electron chi connectivity index (χ2n) is 11.8. The van der Waals surface area contributed by atoms with Crippen molar-refractivity contribution in [3.8, 4) is 0 Å². The molecule has 0 saturated carbocycles. The number of amides is 3. The van der Waals surface area contributed by atoms with E-state index in [0.29, 0.717) is 38.8 Å². The average molecular weight is 532 g/mol. The molecule has 212 valence electrons. The molecule has 0 radical (unpaired) electrons. The highest BCUT2D eigenvalue weighted by molar-refractivity contribution is 5.94. The smallest absolute Gasteiger partial charge is 0.410 e. The van der Waals surface area contributed by atoms with Crippen LogP contribution in [-0.2, 0) is 24.5 Å². The molecule has 9 heteroatoms. The summed E-state index contributed by atoms with van der Waals surface area (Å²) in [5, 5.41) is 15.3. The zero-order chi connectivity index (χ0) is 28.7. The summed E-state index contributed by atoms with van der Waals surface area (Å²) in [7, 11) is 0. The van der Waals surface area contributed by atoms with Crippen molar-refractivity contribution < 1.29 is 29.0 Å². The minimum absolute atomic E-state index is 0.0830. The zero-order valence-corrected chi connectivity index (χ0v) is 23.9. The molecular formula is C29H45N3O6. The first-order chi connectivity index (χ1) is 17.7. The summed E-state index contributed by atoms with van der Waals surface area (Å²) in [4.78, 5) is 53.4. The van der Waals surface area contributed by atoms with Crippen molar-refractivity contribution >= 4 is 23.9 Å². The molecule has 3 amide bonds. The van der Waals surface area contributed by atoms with Crippen LogP contribution in [0.5, 0.6) is 0 Å². The lowest BCUT2D eigenvalue weighted by molar-refractivity contribution is -0.144. The van der Waals surface area contributed by atoms with Crippen molar-refractivity contribution in [2.45, 2.75) is 97.2 Å². The molecule has 1 aromatic carbocycles. The number of nitrogens with one attached hydrogen (secondary N) is 2. The molecule has 1 aromatic rings. The second kappa shape index (κ2) is 13.1. The van der Waals surface area contributed by atoms with Crippen molar-refractivity contribution in [2.75, 3.05) is 13.1 Å². The third-order valence-electron chi connectivity index (χ3n) is 7.14. The Morgan fingerprint density at radius 3 is 2.08 bits per heavy atom. The number of carboxylic acid groups (broad SMARTS) is 1. The van der Waals surface area contributed by atoms with Crippen molar-refractivity contribution in [1.29, 1.82) is 0 Å². The third kappa shape index (κ3) is 8.20. The van der Waals surface area contributed by atoms with Gasteiger partial charge in [-0.05, 0) is 57.4 Å². The van der Waals surface area contributed by atoms with Gasteiger partial charge in [-0.2, -0.15) is 0 Å². The molecule has 3 N–H and O–H groups in total. The topological polar surface area (TPSA) is 125 Å². The van der Waals surface area contributed by atoms with Gasteiger partial charge in [-0.3, -0.25) is 9.59 Å². The fourth-order valence-electron chi connectivity index (χ4n) is 4.74. The van der Waals surface area contributed by atoms with Gasteiger partial charge in [0.1, 0.15) is 17.7 Å². The monoisotopic (exact) mass is 531 g/mol. The number of ether oxygens (including phenoxy) is 1. The highest BCUT2D eigenvalue weighted by atomic mass is 16.6. The second-order valence-corrected chi connectivity index (χ2v) is 11.8. The van der Waals surface area contributed by atoms with E-state index in [2.05, 4.69) is 10.6 Å². The fourth-order valence-corrected chi connectivity index (χ4v) is 4.74. The molecular weight excluding hydrogens is 486 g/mol. The first-order valence-electron chi connectivity index (χ1n) is 13.6. The summed E-state index contributed by atoms with van der Waals surface area (Å²) in [5.74, 6) is -2.09. The maximum absolute atomic E-state index is 14.0. The Morgan fingerprint density at radius 2 is 1.61 bits per heavy atom. The number of carbonyl (C=O) groups excluding carboxylic acids is 3. The molecule has 0 aromatic heterocycles. The van der Waals surface area contributed by atoms with Crippen LogP contribution < -0.4 is 10.6 Å². The van der Waals surface area contributed by atoms with E-state index in [-0.39, 0.29) is 17.7 Å². The van der Waals surface area contributed by atoms with E-state index in [1.54, 1.807) is 11.8 Å². The third-order valence-corrected chi connectivity index (χ3v) is 7.14. The molecule has 9 nitrogen and oxygen atoms in total. The molecule has 1 saturated heterocycles. The van der Waals surface area contributed by atoms with Gasteiger partial charge in [0.2, 0.25) is 11.8 Å². The van der Waals surface area contributed by atoms with Gasteiger partial charge in [-0.15, -0.1) is 0 Å².